The predicted molar refractivity (Wildman–Crippen MR) is 110 cm³/mol. The summed E-state index contributed by atoms with van der Waals surface area (Å²) in [6.07, 6.45) is 4.20. The summed E-state index contributed by atoms with van der Waals surface area (Å²) in [4.78, 5) is 17.9. The smallest absolute Gasteiger partial charge is 0.238 e. The Labute approximate surface area is 168 Å². The molecule has 28 heavy (non-hydrogen) atoms. The largest absolute Gasteiger partial charge is 0.493 e. The van der Waals surface area contributed by atoms with Crippen LogP contribution in [0, 0.1) is 0 Å². The minimum absolute atomic E-state index is 0.00792. The molecule has 0 aliphatic carbocycles. The number of nitrogens with one attached hydrogen (secondary N) is 1. The van der Waals surface area contributed by atoms with Gasteiger partial charge in [0, 0.05) is 29.0 Å². The number of thioether (sulfide) groups is 1. The molecule has 3 aromatic rings. The molecule has 0 spiro atoms. The van der Waals surface area contributed by atoms with Crippen molar-refractivity contribution in [1.29, 1.82) is 0 Å². The summed E-state index contributed by atoms with van der Waals surface area (Å²) in [6, 6.07) is 17.4. The van der Waals surface area contributed by atoms with Gasteiger partial charge in [0.2, 0.25) is 5.91 Å². The fourth-order valence-corrected chi connectivity index (χ4v) is 4.25. The number of ether oxygens (including phenoxy) is 2. The number of carbonyl (C=O) groups excluding carboxylic acids is 1. The molecule has 1 aliphatic rings. The number of hydrogen-bond donors (Lipinski definition) is 1. The molecule has 0 saturated heterocycles. The molecule has 2 aromatic carbocycles. The average Bonchev–Trinajstić information content (AvgIpc) is 3.18. The lowest BCUT2D eigenvalue weighted by molar-refractivity contribution is -0.115. The topological polar surface area (TPSA) is 60.5 Å². The van der Waals surface area contributed by atoms with Crippen LogP contribution in [0.4, 0.5) is 5.69 Å². The monoisotopic (exact) mass is 392 g/mol. The molecule has 1 aromatic heterocycles. The molecule has 5 nitrogen and oxygen atoms in total. The zero-order chi connectivity index (χ0) is 19.3. The Hall–Kier alpha value is -2.99. The molecule has 1 atom stereocenters. The van der Waals surface area contributed by atoms with Crippen LogP contribution in [0.5, 0.6) is 11.5 Å². The summed E-state index contributed by atoms with van der Waals surface area (Å²) < 4.78 is 11.3. The highest BCUT2D eigenvalue weighted by molar-refractivity contribution is 8.01. The summed E-state index contributed by atoms with van der Waals surface area (Å²) in [6.45, 7) is 0.393. The molecule has 0 saturated carbocycles. The Morgan fingerprint density at radius 3 is 2.75 bits per heavy atom. The maximum atomic E-state index is 12.7. The molecule has 4 rings (SSSR count). The van der Waals surface area contributed by atoms with Crippen molar-refractivity contribution in [2.45, 2.75) is 23.2 Å². The normalized spacial score (nSPS) is 15.0. The zero-order valence-electron chi connectivity index (χ0n) is 15.4. The van der Waals surface area contributed by atoms with Gasteiger partial charge in [-0.05, 0) is 47.9 Å². The molecule has 2 heterocycles. The third kappa shape index (κ3) is 4.12. The molecule has 1 amide bonds. The first-order valence-electron chi connectivity index (χ1n) is 8.98. The Morgan fingerprint density at radius 2 is 1.96 bits per heavy atom. The number of amides is 1. The molecule has 6 heteroatoms. The van der Waals surface area contributed by atoms with Crippen molar-refractivity contribution in [2.24, 2.45) is 0 Å². The van der Waals surface area contributed by atoms with E-state index in [1.807, 2.05) is 30.3 Å². The van der Waals surface area contributed by atoms with Crippen LogP contribution in [0.25, 0.3) is 0 Å². The van der Waals surface area contributed by atoms with Crippen LogP contribution in [-0.2, 0) is 17.8 Å². The highest BCUT2D eigenvalue weighted by atomic mass is 32.2. The standard InChI is InChI=1S/C22H20N2O3S/c1-26-18-7-6-17(13-19(18)27-14-15-8-10-23-11-9-15)24-22(25)21-12-16-4-2-3-5-20(16)28-21/h2-11,13,21H,12,14H2,1H3,(H,24,25). The number of aromatic nitrogens is 1. The van der Waals surface area contributed by atoms with Gasteiger partial charge in [0.25, 0.3) is 0 Å². The Morgan fingerprint density at radius 1 is 1.14 bits per heavy atom. The number of carbonyl (C=O) groups is 1. The average molecular weight is 392 g/mol. The number of hydrogen-bond acceptors (Lipinski definition) is 5. The lowest BCUT2D eigenvalue weighted by Gasteiger charge is -2.14. The van der Waals surface area contributed by atoms with Gasteiger partial charge >= 0.3 is 0 Å². The van der Waals surface area contributed by atoms with Crippen LogP contribution in [0.2, 0.25) is 0 Å². The van der Waals surface area contributed by atoms with E-state index < -0.39 is 0 Å². The van der Waals surface area contributed by atoms with Crippen LogP contribution in [0.1, 0.15) is 11.1 Å². The van der Waals surface area contributed by atoms with Crippen LogP contribution >= 0.6 is 11.8 Å². The molecular weight excluding hydrogens is 372 g/mol. The van der Waals surface area contributed by atoms with E-state index in [1.165, 1.54) is 10.5 Å². The van der Waals surface area contributed by atoms with Crippen molar-refractivity contribution < 1.29 is 14.3 Å². The summed E-state index contributed by atoms with van der Waals surface area (Å²) >= 11 is 1.61. The second-order valence-corrected chi connectivity index (χ2v) is 7.66. The summed E-state index contributed by atoms with van der Waals surface area (Å²) in [5.41, 5.74) is 2.92. The summed E-state index contributed by atoms with van der Waals surface area (Å²) in [5.74, 6) is 1.20. The Balaban J connectivity index is 1.44. The molecule has 0 radical (unpaired) electrons. The third-order valence-electron chi connectivity index (χ3n) is 4.51. The number of methoxy groups -OCH3 is 1. The SMILES string of the molecule is COc1ccc(NC(=O)C2Cc3ccccc3S2)cc1OCc1ccncc1. The van der Waals surface area contributed by atoms with Crippen LogP contribution in [0.3, 0.4) is 0 Å². The summed E-state index contributed by atoms with van der Waals surface area (Å²) in [5, 5.41) is 2.88. The van der Waals surface area contributed by atoms with E-state index in [4.69, 9.17) is 9.47 Å². The van der Waals surface area contributed by atoms with E-state index in [-0.39, 0.29) is 11.2 Å². The lowest BCUT2D eigenvalue weighted by atomic mass is 10.1. The first-order chi connectivity index (χ1) is 13.7. The molecular formula is C22H20N2O3S. The number of benzene rings is 2. The summed E-state index contributed by atoms with van der Waals surface area (Å²) in [7, 11) is 1.60. The maximum absolute atomic E-state index is 12.7. The van der Waals surface area contributed by atoms with Gasteiger partial charge in [-0.25, -0.2) is 0 Å². The fraction of sp³-hybridized carbons (Fsp3) is 0.182. The van der Waals surface area contributed by atoms with Crippen molar-refractivity contribution in [3.63, 3.8) is 0 Å². The van der Waals surface area contributed by atoms with E-state index in [1.54, 1.807) is 43.4 Å². The maximum Gasteiger partial charge on any atom is 0.238 e. The lowest BCUT2D eigenvalue weighted by Crippen LogP contribution is -2.24. The van der Waals surface area contributed by atoms with Crippen LogP contribution in [0.15, 0.2) is 71.9 Å². The van der Waals surface area contributed by atoms with Crippen molar-refractivity contribution in [3.05, 3.63) is 78.1 Å². The van der Waals surface area contributed by atoms with Gasteiger partial charge in [-0.15, -0.1) is 11.8 Å². The van der Waals surface area contributed by atoms with E-state index in [2.05, 4.69) is 22.4 Å². The van der Waals surface area contributed by atoms with Crippen molar-refractivity contribution in [1.82, 2.24) is 4.98 Å². The second kappa shape index (κ2) is 8.35. The minimum atomic E-state index is -0.124. The van der Waals surface area contributed by atoms with E-state index >= 15 is 0 Å². The van der Waals surface area contributed by atoms with Crippen molar-refractivity contribution >= 4 is 23.4 Å². The third-order valence-corrected chi connectivity index (χ3v) is 5.83. The van der Waals surface area contributed by atoms with Gasteiger partial charge < -0.3 is 14.8 Å². The van der Waals surface area contributed by atoms with E-state index in [0.717, 1.165) is 12.0 Å². The second-order valence-electron chi connectivity index (χ2n) is 6.42. The van der Waals surface area contributed by atoms with Crippen LogP contribution < -0.4 is 14.8 Å². The molecule has 0 fully saturated rings. The quantitative estimate of drug-likeness (QED) is 0.677. The van der Waals surface area contributed by atoms with E-state index in [0.29, 0.717) is 23.8 Å². The molecule has 1 aliphatic heterocycles. The van der Waals surface area contributed by atoms with Crippen LogP contribution in [-0.4, -0.2) is 23.3 Å². The highest BCUT2D eigenvalue weighted by Gasteiger charge is 2.28. The number of nitrogens with zero attached hydrogens (tertiary/aromatic N) is 1. The first-order valence-corrected chi connectivity index (χ1v) is 9.86. The van der Waals surface area contributed by atoms with Gasteiger partial charge in [-0.3, -0.25) is 9.78 Å². The minimum Gasteiger partial charge on any atom is -0.493 e. The van der Waals surface area contributed by atoms with Gasteiger partial charge in [0.1, 0.15) is 6.61 Å². The number of rotatable bonds is 6. The van der Waals surface area contributed by atoms with Crippen molar-refractivity contribution in [2.75, 3.05) is 12.4 Å². The molecule has 1 N–H and O–H groups in total. The first kappa shape index (κ1) is 18.4. The highest BCUT2D eigenvalue weighted by Crippen LogP contribution is 2.37. The zero-order valence-corrected chi connectivity index (χ0v) is 16.2. The predicted octanol–water partition coefficient (Wildman–Crippen LogP) is 4.32. The van der Waals surface area contributed by atoms with E-state index in [9.17, 15) is 4.79 Å². The molecule has 142 valence electrons. The number of fused-ring (bicyclic) bond motifs is 1. The number of pyridine rings is 1. The number of anilines is 1. The fourth-order valence-electron chi connectivity index (χ4n) is 3.06. The molecule has 0 bridgehead atoms. The van der Waals surface area contributed by atoms with Gasteiger partial charge in [0.15, 0.2) is 11.5 Å². The Bertz CT molecular complexity index is 954. The van der Waals surface area contributed by atoms with Gasteiger partial charge in [-0.1, -0.05) is 18.2 Å². The van der Waals surface area contributed by atoms with Gasteiger partial charge in [-0.2, -0.15) is 0 Å². The molecule has 1 unspecified atom stereocenters. The van der Waals surface area contributed by atoms with Gasteiger partial charge in [0.05, 0.1) is 12.4 Å². The Kier molecular flexibility index (Phi) is 5.48. The van der Waals surface area contributed by atoms with Crippen molar-refractivity contribution in [3.8, 4) is 11.5 Å².